The predicted octanol–water partition coefficient (Wildman–Crippen LogP) is 3.77. The summed E-state index contributed by atoms with van der Waals surface area (Å²) in [6.07, 6.45) is 1.81. The Bertz CT molecular complexity index is 967. The number of carbonyl (C=O) groups is 1. The number of aromatic nitrogens is 1. The van der Waals surface area contributed by atoms with Crippen molar-refractivity contribution < 1.29 is 17.9 Å². The first-order valence-corrected chi connectivity index (χ1v) is 12.2. The van der Waals surface area contributed by atoms with Crippen LogP contribution in [-0.4, -0.2) is 36.8 Å². The third-order valence-corrected chi connectivity index (χ3v) is 8.50. The SMILES string of the molecule is CCc1nc(COC(=O)C2CCN(S(=O)(=O)c3c(C)cc(C)cc3C)CC2)cs1. The zero-order chi connectivity index (χ0) is 21.2. The van der Waals surface area contributed by atoms with Crippen molar-refractivity contribution in [1.82, 2.24) is 9.29 Å². The number of thiazole rings is 1. The number of hydrogen-bond donors (Lipinski definition) is 0. The average molecular weight is 437 g/mol. The van der Waals surface area contributed by atoms with Gasteiger partial charge in [-0.3, -0.25) is 4.79 Å². The van der Waals surface area contributed by atoms with E-state index in [9.17, 15) is 13.2 Å². The largest absolute Gasteiger partial charge is 0.459 e. The molecule has 1 fully saturated rings. The number of benzene rings is 1. The molecule has 8 heteroatoms. The lowest BCUT2D eigenvalue weighted by Gasteiger charge is -2.31. The molecule has 1 aromatic heterocycles. The third kappa shape index (κ3) is 4.87. The van der Waals surface area contributed by atoms with Gasteiger partial charge in [-0.05, 0) is 51.2 Å². The number of sulfonamides is 1. The lowest BCUT2D eigenvalue weighted by Crippen LogP contribution is -2.41. The highest BCUT2D eigenvalue weighted by atomic mass is 32.2. The van der Waals surface area contributed by atoms with E-state index in [-0.39, 0.29) is 18.5 Å². The van der Waals surface area contributed by atoms with Crippen LogP contribution in [-0.2, 0) is 32.6 Å². The van der Waals surface area contributed by atoms with E-state index >= 15 is 0 Å². The molecule has 0 unspecified atom stereocenters. The molecule has 0 N–H and O–H groups in total. The van der Waals surface area contributed by atoms with Crippen molar-refractivity contribution in [3.8, 4) is 0 Å². The summed E-state index contributed by atoms with van der Waals surface area (Å²) in [7, 11) is -3.57. The Morgan fingerprint density at radius 2 is 1.83 bits per heavy atom. The van der Waals surface area contributed by atoms with Gasteiger partial charge in [-0.2, -0.15) is 4.31 Å². The van der Waals surface area contributed by atoms with Gasteiger partial charge in [-0.1, -0.05) is 24.6 Å². The lowest BCUT2D eigenvalue weighted by molar-refractivity contribution is -0.151. The second-order valence-corrected chi connectivity index (χ2v) is 10.4. The Morgan fingerprint density at radius 3 is 2.38 bits per heavy atom. The number of esters is 1. The van der Waals surface area contributed by atoms with Crippen LogP contribution in [0.3, 0.4) is 0 Å². The Hall–Kier alpha value is -1.77. The summed E-state index contributed by atoms with van der Waals surface area (Å²) in [5.41, 5.74) is 3.34. The third-order valence-electron chi connectivity index (χ3n) is 5.25. The van der Waals surface area contributed by atoms with E-state index in [1.807, 2.05) is 45.2 Å². The van der Waals surface area contributed by atoms with Crippen LogP contribution in [0.4, 0.5) is 0 Å². The van der Waals surface area contributed by atoms with Crippen LogP contribution in [0.25, 0.3) is 0 Å². The smallest absolute Gasteiger partial charge is 0.309 e. The first-order chi connectivity index (χ1) is 13.7. The summed E-state index contributed by atoms with van der Waals surface area (Å²) in [5.74, 6) is -0.540. The molecule has 0 bridgehead atoms. The van der Waals surface area contributed by atoms with Crippen molar-refractivity contribution in [2.45, 2.75) is 58.5 Å². The summed E-state index contributed by atoms with van der Waals surface area (Å²) in [6.45, 7) is 8.49. The van der Waals surface area contributed by atoms with Gasteiger partial charge in [-0.25, -0.2) is 13.4 Å². The molecule has 3 rings (SSSR count). The molecule has 0 amide bonds. The van der Waals surface area contributed by atoms with Gasteiger partial charge in [0.05, 0.1) is 21.5 Å². The van der Waals surface area contributed by atoms with E-state index in [0.29, 0.717) is 30.8 Å². The number of aryl methyl sites for hydroxylation is 4. The Balaban J connectivity index is 1.60. The minimum absolute atomic E-state index is 0.176. The van der Waals surface area contributed by atoms with Crippen molar-refractivity contribution in [2.75, 3.05) is 13.1 Å². The molecule has 0 radical (unpaired) electrons. The van der Waals surface area contributed by atoms with Crippen LogP contribution < -0.4 is 0 Å². The summed E-state index contributed by atoms with van der Waals surface area (Å²) in [6, 6.07) is 3.79. The molecule has 6 nitrogen and oxygen atoms in total. The lowest BCUT2D eigenvalue weighted by atomic mass is 9.98. The zero-order valence-corrected chi connectivity index (χ0v) is 19.0. The molecule has 1 aromatic carbocycles. The maximum absolute atomic E-state index is 13.2. The van der Waals surface area contributed by atoms with Crippen molar-refractivity contribution in [2.24, 2.45) is 5.92 Å². The van der Waals surface area contributed by atoms with Crippen molar-refractivity contribution in [1.29, 1.82) is 0 Å². The highest BCUT2D eigenvalue weighted by Crippen LogP contribution is 2.29. The molecule has 1 saturated heterocycles. The van der Waals surface area contributed by atoms with Crippen molar-refractivity contribution >= 4 is 27.3 Å². The average Bonchev–Trinajstić information content (AvgIpc) is 3.13. The molecule has 1 aliphatic heterocycles. The second kappa shape index (κ2) is 8.93. The van der Waals surface area contributed by atoms with Gasteiger partial charge in [0.2, 0.25) is 10.0 Å². The van der Waals surface area contributed by atoms with Gasteiger partial charge in [0.15, 0.2) is 0 Å². The second-order valence-electron chi connectivity index (χ2n) is 7.60. The molecule has 29 heavy (non-hydrogen) atoms. The van der Waals surface area contributed by atoms with E-state index in [1.54, 1.807) is 11.3 Å². The highest BCUT2D eigenvalue weighted by Gasteiger charge is 2.34. The molecular formula is C21H28N2O4S2. The number of nitrogens with zero attached hydrogens (tertiary/aromatic N) is 2. The first-order valence-electron chi connectivity index (χ1n) is 9.90. The van der Waals surface area contributed by atoms with Gasteiger partial charge in [0.1, 0.15) is 6.61 Å². The van der Waals surface area contributed by atoms with E-state index in [4.69, 9.17) is 4.74 Å². The maximum atomic E-state index is 13.2. The molecule has 1 aliphatic rings. The first kappa shape index (κ1) is 21.9. The molecular weight excluding hydrogens is 408 g/mol. The van der Waals surface area contributed by atoms with Gasteiger partial charge < -0.3 is 4.74 Å². The predicted molar refractivity (Wildman–Crippen MR) is 113 cm³/mol. The fraction of sp³-hybridized carbons (Fsp3) is 0.524. The van der Waals surface area contributed by atoms with Gasteiger partial charge in [0, 0.05) is 18.5 Å². The Kier molecular flexibility index (Phi) is 6.76. The van der Waals surface area contributed by atoms with Crippen LogP contribution in [0.5, 0.6) is 0 Å². The van der Waals surface area contributed by atoms with Crippen LogP contribution >= 0.6 is 11.3 Å². The molecule has 158 valence electrons. The van der Waals surface area contributed by atoms with Crippen molar-refractivity contribution in [3.63, 3.8) is 0 Å². The summed E-state index contributed by atoms with van der Waals surface area (Å²) >= 11 is 1.57. The minimum atomic E-state index is -3.57. The number of hydrogen-bond acceptors (Lipinski definition) is 6. The molecule has 0 atom stereocenters. The fourth-order valence-corrected chi connectivity index (χ4v) is 6.49. The van der Waals surface area contributed by atoms with E-state index in [2.05, 4.69) is 4.98 Å². The number of piperidine rings is 1. The number of rotatable bonds is 6. The Morgan fingerprint density at radius 1 is 1.21 bits per heavy atom. The van der Waals surface area contributed by atoms with Crippen LogP contribution in [0.2, 0.25) is 0 Å². The fourth-order valence-electron chi connectivity index (χ4n) is 3.88. The standard InChI is InChI=1S/C21H28N2O4S2/c1-5-19-22-18(13-28-19)12-27-21(24)17-6-8-23(9-7-17)29(25,26)20-15(3)10-14(2)11-16(20)4/h10-11,13,17H,5-9,12H2,1-4H3. The molecule has 0 saturated carbocycles. The van der Waals surface area contributed by atoms with E-state index in [0.717, 1.165) is 33.8 Å². The van der Waals surface area contributed by atoms with Crippen LogP contribution in [0.1, 0.15) is 47.2 Å². The molecule has 0 aliphatic carbocycles. The quantitative estimate of drug-likeness (QED) is 0.644. The highest BCUT2D eigenvalue weighted by molar-refractivity contribution is 7.89. The summed E-state index contributed by atoms with van der Waals surface area (Å²) < 4.78 is 33.2. The molecule has 0 spiro atoms. The summed E-state index contributed by atoms with van der Waals surface area (Å²) in [4.78, 5) is 17.2. The van der Waals surface area contributed by atoms with Gasteiger partial charge in [0.25, 0.3) is 0 Å². The number of ether oxygens (including phenoxy) is 1. The number of carbonyl (C=O) groups excluding carboxylic acids is 1. The molecule has 2 aromatic rings. The Labute approximate surface area is 177 Å². The molecule has 2 heterocycles. The van der Waals surface area contributed by atoms with E-state index < -0.39 is 10.0 Å². The maximum Gasteiger partial charge on any atom is 0.309 e. The van der Waals surface area contributed by atoms with Crippen LogP contribution in [0, 0.1) is 26.7 Å². The van der Waals surface area contributed by atoms with Crippen LogP contribution in [0.15, 0.2) is 22.4 Å². The zero-order valence-electron chi connectivity index (χ0n) is 17.4. The minimum Gasteiger partial charge on any atom is -0.459 e. The monoisotopic (exact) mass is 436 g/mol. The van der Waals surface area contributed by atoms with Crippen molar-refractivity contribution in [3.05, 3.63) is 44.9 Å². The van der Waals surface area contributed by atoms with E-state index in [1.165, 1.54) is 4.31 Å². The van der Waals surface area contributed by atoms with Gasteiger partial charge in [-0.15, -0.1) is 11.3 Å². The topological polar surface area (TPSA) is 76.6 Å². The summed E-state index contributed by atoms with van der Waals surface area (Å²) in [5, 5.41) is 2.93. The normalized spacial score (nSPS) is 16.1. The van der Waals surface area contributed by atoms with Gasteiger partial charge >= 0.3 is 5.97 Å².